The molecule has 0 saturated carbocycles. The number of rotatable bonds is 7. The molecule has 3 aromatic rings. The van der Waals surface area contributed by atoms with Crippen LogP contribution in [0, 0.1) is 5.92 Å². The Hall–Kier alpha value is -3.26. The molecule has 0 N–H and O–H groups in total. The van der Waals surface area contributed by atoms with Crippen LogP contribution < -0.4 is 0 Å². The number of carbonyl (C=O) groups is 2. The van der Waals surface area contributed by atoms with Gasteiger partial charge in [0.25, 0.3) is 0 Å². The Morgan fingerprint density at radius 3 is 1.54 bits per heavy atom. The van der Waals surface area contributed by atoms with E-state index < -0.39 is 5.92 Å². The molecule has 128 valence electrons. The Morgan fingerprint density at radius 1 is 0.692 bits per heavy atom. The Bertz CT molecular complexity index is 840. The molecule has 2 heteroatoms. The quantitative estimate of drug-likeness (QED) is 0.437. The van der Waals surface area contributed by atoms with E-state index in [1.807, 2.05) is 84.9 Å². The maximum atomic E-state index is 12.5. The van der Waals surface area contributed by atoms with Crippen molar-refractivity contribution in [1.29, 1.82) is 0 Å². The molecule has 0 unspecified atom stereocenters. The van der Waals surface area contributed by atoms with Gasteiger partial charge in [0.15, 0.2) is 5.78 Å². The van der Waals surface area contributed by atoms with Crippen LogP contribution in [-0.2, 0) is 4.79 Å². The number of Topliss-reactive ketones (excluding diaryl/α,β-unsaturated/α-hetero) is 1. The Labute approximate surface area is 153 Å². The van der Waals surface area contributed by atoms with E-state index in [4.69, 9.17) is 0 Å². The number of allylic oxidation sites excluding steroid dienone is 1. The first-order valence-electron chi connectivity index (χ1n) is 8.64. The van der Waals surface area contributed by atoms with E-state index in [0.717, 1.165) is 23.0 Å². The zero-order valence-electron chi connectivity index (χ0n) is 14.4. The van der Waals surface area contributed by atoms with E-state index >= 15 is 0 Å². The van der Waals surface area contributed by atoms with Crippen molar-refractivity contribution < 1.29 is 9.59 Å². The summed E-state index contributed by atoms with van der Waals surface area (Å²) < 4.78 is 0. The van der Waals surface area contributed by atoms with Crippen molar-refractivity contribution in [2.75, 3.05) is 0 Å². The average Bonchev–Trinajstić information content (AvgIpc) is 2.73. The fraction of sp³-hybridized carbons (Fsp3) is 0.0833. The van der Waals surface area contributed by atoms with Gasteiger partial charge in [-0.3, -0.25) is 4.79 Å². The topological polar surface area (TPSA) is 34.1 Å². The summed E-state index contributed by atoms with van der Waals surface area (Å²) >= 11 is 0. The van der Waals surface area contributed by atoms with Crippen molar-refractivity contribution in [2.45, 2.75) is 6.42 Å². The molecule has 0 radical (unpaired) electrons. The van der Waals surface area contributed by atoms with Crippen molar-refractivity contribution in [1.82, 2.24) is 0 Å². The van der Waals surface area contributed by atoms with Crippen LogP contribution in [0.4, 0.5) is 0 Å². The van der Waals surface area contributed by atoms with Crippen molar-refractivity contribution in [3.63, 3.8) is 0 Å². The van der Waals surface area contributed by atoms with Crippen molar-refractivity contribution in [3.05, 3.63) is 114 Å². The lowest BCUT2D eigenvalue weighted by molar-refractivity contribution is -0.109. The van der Waals surface area contributed by atoms with Crippen LogP contribution in [0.25, 0.3) is 5.57 Å². The molecule has 3 rings (SSSR count). The molecule has 2 nitrogen and oxygen atoms in total. The van der Waals surface area contributed by atoms with Crippen LogP contribution in [-0.4, -0.2) is 12.1 Å². The number of hydrogen-bond donors (Lipinski definition) is 0. The van der Waals surface area contributed by atoms with Gasteiger partial charge in [-0.2, -0.15) is 0 Å². The molecule has 1 atom stereocenters. The zero-order valence-corrected chi connectivity index (χ0v) is 14.4. The highest BCUT2D eigenvalue weighted by Gasteiger charge is 2.15. The Kier molecular flexibility index (Phi) is 5.89. The van der Waals surface area contributed by atoms with Gasteiger partial charge in [0.2, 0.25) is 0 Å². The van der Waals surface area contributed by atoms with Crippen LogP contribution in [0.3, 0.4) is 0 Å². The number of hydrogen-bond acceptors (Lipinski definition) is 2. The van der Waals surface area contributed by atoms with Gasteiger partial charge in [-0.15, -0.1) is 0 Å². The molecular weight excluding hydrogens is 320 g/mol. The summed E-state index contributed by atoms with van der Waals surface area (Å²) in [4.78, 5) is 24.2. The smallest absolute Gasteiger partial charge is 0.163 e. The van der Waals surface area contributed by atoms with E-state index in [2.05, 4.69) is 0 Å². The third kappa shape index (κ3) is 4.42. The van der Waals surface area contributed by atoms with Gasteiger partial charge in [0, 0.05) is 17.9 Å². The van der Waals surface area contributed by atoms with E-state index in [9.17, 15) is 9.59 Å². The summed E-state index contributed by atoms with van der Waals surface area (Å²) in [6.45, 7) is 0. The van der Waals surface area contributed by atoms with E-state index in [1.165, 1.54) is 0 Å². The Morgan fingerprint density at radius 2 is 1.12 bits per heavy atom. The monoisotopic (exact) mass is 340 g/mol. The van der Waals surface area contributed by atoms with Crippen molar-refractivity contribution >= 4 is 17.6 Å². The lowest BCUT2D eigenvalue weighted by Crippen LogP contribution is -2.09. The normalized spacial score (nSPS) is 11.4. The lowest BCUT2D eigenvalue weighted by atomic mass is 9.91. The summed E-state index contributed by atoms with van der Waals surface area (Å²) in [5, 5.41) is 0. The maximum Gasteiger partial charge on any atom is 0.163 e. The third-order valence-corrected chi connectivity index (χ3v) is 4.24. The van der Waals surface area contributed by atoms with Gasteiger partial charge in [-0.25, -0.2) is 0 Å². The summed E-state index contributed by atoms with van der Waals surface area (Å²) in [5.41, 5.74) is 3.65. The highest BCUT2D eigenvalue weighted by Crippen LogP contribution is 2.26. The predicted octanol–water partition coefficient (Wildman–Crippen LogP) is 5.21. The van der Waals surface area contributed by atoms with Crippen molar-refractivity contribution in [3.8, 4) is 0 Å². The second-order valence-corrected chi connectivity index (χ2v) is 6.11. The highest BCUT2D eigenvalue weighted by atomic mass is 16.1. The van der Waals surface area contributed by atoms with E-state index in [0.29, 0.717) is 5.56 Å². The van der Waals surface area contributed by atoms with Gasteiger partial charge in [0.05, 0.1) is 0 Å². The lowest BCUT2D eigenvalue weighted by Gasteiger charge is -2.12. The number of benzene rings is 3. The molecule has 0 aliphatic heterocycles. The standard InChI is InChI=1S/C24H20O2/c25-18-19(17-24(26)22-14-8-3-9-15-22)16-23(20-10-4-1-5-11-20)21-12-6-2-7-13-21/h1-16,18-19H,17H2/t19-/m1/s1. The second-order valence-electron chi connectivity index (χ2n) is 6.11. The van der Waals surface area contributed by atoms with Gasteiger partial charge >= 0.3 is 0 Å². The Balaban J connectivity index is 1.92. The van der Waals surface area contributed by atoms with Crippen LogP contribution in [0.2, 0.25) is 0 Å². The van der Waals surface area contributed by atoms with Crippen LogP contribution in [0.15, 0.2) is 97.1 Å². The maximum absolute atomic E-state index is 12.5. The molecule has 0 aliphatic carbocycles. The highest BCUT2D eigenvalue weighted by molar-refractivity contribution is 5.97. The second kappa shape index (κ2) is 8.72. The molecule has 0 aromatic heterocycles. The fourth-order valence-corrected chi connectivity index (χ4v) is 2.91. The SMILES string of the molecule is O=C[C@H](C=C(c1ccccc1)c1ccccc1)CC(=O)c1ccccc1. The molecule has 0 spiro atoms. The number of ketones is 1. The van der Waals surface area contributed by atoms with Gasteiger partial charge < -0.3 is 4.79 Å². The van der Waals surface area contributed by atoms with Gasteiger partial charge in [-0.1, -0.05) is 97.1 Å². The first-order valence-corrected chi connectivity index (χ1v) is 8.64. The number of carbonyl (C=O) groups excluding carboxylic acids is 2. The zero-order chi connectivity index (χ0) is 18.2. The first-order chi connectivity index (χ1) is 12.8. The molecule has 26 heavy (non-hydrogen) atoms. The van der Waals surface area contributed by atoms with Crippen LogP contribution >= 0.6 is 0 Å². The predicted molar refractivity (Wildman–Crippen MR) is 105 cm³/mol. The van der Waals surface area contributed by atoms with E-state index in [1.54, 1.807) is 12.1 Å². The average molecular weight is 340 g/mol. The summed E-state index contributed by atoms with van der Waals surface area (Å²) in [5.74, 6) is -0.502. The molecular formula is C24H20O2. The summed E-state index contributed by atoms with van der Waals surface area (Å²) in [6.07, 6.45) is 2.92. The largest absolute Gasteiger partial charge is 0.303 e. The summed E-state index contributed by atoms with van der Waals surface area (Å²) in [6, 6.07) is 29.0. The summed E-state index contributed by atoms with van der Waals surface area (Å²) in [7, 11) is 0. The van der Waals surface area contributed by atoms with Crippen LogP contribution in [0.5, 0.6) is 0 Å². The molecule has 0 bridgehead atoms. The number of aldehydes is 1. The molecule has 3 aromatic carbocycles. The van der Waals surface area contributed by atoms with Crippen LogP contribution in [0.1, 0.15) is 27.9 Å². The minimum absolute atomic E-state index is 0.0283. The van der Waals surface area contributed by atoms with E-state index in [-0.39, 0.29) is 12.2 Å². The minimum atomic E-state index is -0.474. The molecule has 0 fully saturated rings. The van der Waals surface area contributed by atoms with Crippen molar-refractivity contribution in [2.24, 2.45) is 5.92 Å². The minimum Gasteiger partial charge on any atom is -0.303 e. The fourth-order valence-electron chi connectivity index (χ4n) is 2.91. The molecule has 0 heterocycles. The van der Waals surface area contributed by atoms with Gasteiger partial charge in [-0.05, 0) is 16.7 Å². The van der Waals surface area contributed by atoms with Gasteiger partial charge in [0.1, 0.15) is 6.29 Å². The molecule has 0 amide bonds. The molecule has 0 aliphatic rings. The first kappa shape index (κ1) is 17.6. The molecule has 0 saturated heterocycles. The third-order valence-electron chi connectivity index (χ3n) is 4.24.